The van der Waals surface area contributed by atoms with Gasteiger partial charge in [-0.2, -0.15) is 0 Å². The van der Waals surface area contributed by atoms with Crippen molar-refractivity contribution >= 4 is 45.6 Å². The Morgan fingerprint density at radius 2 is 2.25 bits per heavy atom. The average Bonchev–Trinajstić information content (AvgIpc) is 2.83. The van der Waals surface area contributed by atoms with Crippen LogP contribution >= 0.6 is 34.7 Å². The molecule has 8 heteroatoms. The topological polar surface area (TPSA) is 71.5 Å². The zero-order valence-corrected chi connectivity index (χ0v) is 12.8. The Hall–Kier alpha value is -1.44. The summed E-state index contributed by atoms with van der Waals surface area (Å²) in [5.41, 5.74) is 0.462. The highest BCUT2D eigenvalue weighted by Crippen LogP contribution is 2.24. The van der Waals surface area contributed by atoms with Crippen molar-refractivity contribution in [2.75, 3.05) is 0 Å². The number of fused-ring (bicyclic) bond motifs is 1. The van der Waals surface area contributed by atoms with Crippen LogP contribution in [-0.4, -0.2) is 20.2 Å². The first-order valence-corrected chi connectivity index (χ1v) is 7.91. The van der Waals surface area contributed by atoms with Crippen LogP contribution in [0.3, 0.4) is 0 Å². The summed E-state index contributed by atoms with van der Waals surface area (Å²) in [7, 11) is 0. The second kappa shape index (κ2) is 5.51. The highest BCUT2D eigenvalue weighted by atomic mass is 35.5. The number of hydrogen-bond acceptors (Lipinski definition) is 6. The van der Waals surface area contributed by atoms with Crippen LogP contribution in [0.5, 0.6) is 0 Å². The number of hydrogen-bond donors (Lipinski definition) is 1. The van der Waals surface area contributed by atoms with Crippen molar-refractivity contribution in [3.05, 3.63) is 44.4 Å². The predicted octanol–water partition coefficient (Wildman–Crippen LogP) is 3.03. The zero-order valence-electron chi connectivity index (χ0n) is 10.4. The van der Waals surface area contributed by atoms with Gasteiger partial charge in [0.1, 0.15) is 10.8 Å². The van der Waals surface area contributed by atoms with E-state index in [0.29, 0.717) is 27.5 Å². The standard InChI is InChI=1S/C12H9ClN4OS2/c1-6-16-17-12(20-6)19-5-10-14-9-3-2-7(13)4-8(9)11(18)15-10/h2-4H,5H2,1H3,(H,14,15,18). The summed E-state index contributed by atoms with van der Waals surface area (Å²) in [6, 6.07) is 5.09. The molecule has 0 fully saturated rings. The van der Waals surface area contributed by atoms with Crippen molar-refractivity contribution in [3.63, 3.8) is 0 Å². The number of halogens is 1. The third-order valence-electron chi connectivity index (χ3n) is 2.56. The number of aromatic nitrogens is 4. The Balaban J connectivity index is 1.89. The summed E-state index contributed by atoms with van der Waals surface area (Å²) in [4.78, 5) is 19.2. The molecule has 0 aliphatic heterocycles. The number of aromatic amines is 1. The maximum Gasteiger partial charge on any atom is 0.258 e. The van der Waals surface area contributed by atoms with E-state index in [0.717, 1.165) is 9.35 Å². The number of aryl methyl sites for hydroxylation is 1. The molecule has 2 aromatic heterocycles. The van der Waals surface area contributed by atoms with Crippen molar-refractivity contribution in [3.8, 4) is 0 Å². The van der Waals surface area contributed by atoms with Crippen LogP contribution < -0.4 is 5.56 Å². The molecule has 3 aromatic rings. The minimum atomic E-state index is -0.179. The van der Waals surface area contributed by atoms with Crippen LogP contribution in [0.4, 0.5) is 0 Å². The molecule has 0 amide bonds. The van der Waals surface area contributed by atoms with E-state index in [1.807, 2.05) is 6.92 Å². The van der Waals surface area contributed by atoms with Crippen LogP contribution in [0, 0.1) is 6.92 Å². The molecular weight excluding hydrogens is 316 g/mol. The summed E-state index contributed by atoms with van der Waals surface area (Å²) in [6.45, 7) is 1.90. The van der Waals surface area contributed by atoms with Gasteiger partial charge < -0.3 is 4.98 Å². The number of nitrogens with zero attached hydrogens (tertiary/aromatic N) is 3. The number of rotatable bonds is 3. The summed E-state index contributed by atoms with van der Waals surface area (Å²) in [6.07, 6.45) is 0. The van der Waals surface area contributed by atoms with Crippen LogP contribution in [0.1, 0.15) is 10.8 Å². The molecule has 5 nitrogen and oxygen atoms in total. The Kier molecular flexibility index (Phi) is 3.73. The Morgan fingerprint density at radius 1 is 1.40 bits per heavy atom. The lowest BCUT2D eigenvalue weighted by Gasteiger charge is -2.02. The normalized spacial score (nSPS) is 11.1. The Bertz CT molecular complexity index is 830. The fourth-order valence-electron chi connectivity index (χ4n) is 1.69. The highest BCUT2D eigenvalue weighted by Gasteiger charge is 2.07. The lowest BCUT2D eigenvalue weighted by Crippen LogP contribution is -2.11. The minimum Gasteiger partial charge on any atom is -0.309 e. The van der Waals surface area contributed by atoms with Crippen molar-refractivity contribution in [2.45, 2.75) is 17.0 Å². The predicted molar refractivity (Wildman–Crippen MR) is 81.6 cm³/mol. The molecule has 1 N–H and O–H groups in total. The molecule has 0 saturated carbocycles. The van der Waals surface area contributed by atoms with Gasteiger partial charge in [-0.1, -0.05) is 34.7 Å². The van der Waals surface area contributed by atoms with Gasteiger partial charge in [0.2, 0.25) is 0 Å². The molecular formula is C12H9ClN4OS2. The first-order valence-electron chi connectivity index (χ1n) is 5.73. The number of thioether (sulfide) groups is 1. The van der Waals surface area contributed by atoms with Gasteiger partial charge >= 0.3 is 0 Å². The zero-order chi connectivity index (χ0) is 14.1. The molecule has 2 heterocycles. The average molecular weight is 325 g/mol. The molecule has 1 aromatic carbocycles. The fraction of sp³-hybridized carbons (Fsp3) is 0.167. The van der Waals surface area contributed by atoms with E-state index in [9.17, 15) is 4.79 Å². The largest absolute Gasteiger partial charge is 0.309 e. The molecule has 0 unspecified atom stereocenters. The van der Waals surface area contributed by atoms with Gasteiger partial charge in [-0.3, -0.25) is 4.79 Å². The SMILES string of the molecule is Cc1nnc(SCc2nc3ccc(Cl)cc3c(=O)[nH]2)s1. The quantitative estimate of drug-likeness (QED) is 0.750. The minimum absolute atomic E-state index is 0.179. The number of nitrogens with one attached hydrogen (secondary N) is 1. The third kappa shape index (κ3) is 2.84. The van der Waals surface area contributed by atoms with E-state index >= 15 is 0 Å². The molecule has 3 rings (SSSR count). The first kappa shape index (κ1) is 13.5. The Labute approximate surface area is 127 Å². The van der Waals surface area contributed by atoms with Crippen molar-refractivity contribution in [1.29, 1.82) is 0 Å². The second-order valence-electron chi connectivity index (χ2n) is 4.05. The van der Waals surface area contributed by atoms with E-state index in [1.165, 1.54) is 23.1 Å². The second-order valence-corrected chi connectivity index (χ2v) is 6.89. The van der Waals surface area contributed by atoms with Crippen molar-refractivity contribution in [1.82, 2.24) is 20.2 Å². The van der Waals surface area contributed by atoms with E-state index < -0.39 is 0 Å². The van der Waals surface area contributed by atoms with Gasteiger partial charge in [0.15, 0.2) is 4.34 Å². The molecule has 0 saturated heterocycles. The van der Waals surface area contributed by atoms with Gasteiger partial charge in [0, 0.05) is 5.02 Å². The maximum atomic E-state index is 12.0. The van der Waals surface area contributed by atoms with Crippen molar-refractivity contribution in [2.24, 2.45) is 0 Å². The van der Waals surface area contributed by atoms with E-state index in [1.54, 1.807) is 18.2 Å². The van der Waals surface area contributed by atoms with Crippen LogP contribution in [0.2, 0.25) is 5.02 Å². The first-order chi connectivity index (χ1) is 9.61. The summed E-state index contributed by atoms with van der Waals surface area (Å²) < 4.78 is 0.862. The lowest BCUT2D eigenvalue weighted by molar-refractivity contribution is 0.979. The summed E-state index contributed by atoms with van der Waals surface area (Å²) in [5, 5.41) is 9.91. The van der Waals surface area contributed by atoms with Crippen LogP contribution in [0.15, 0.2) is 27.3 Å². The molecule has 0 radical (unpaired) electrons. The molecule has 0 atom stereocenters. The van der Waals surface area contributed by atoms with Crippen molar-refractivity contribution < 1.29 is 0 Å². The number of benzene rings is 1. The molecule has 0 aliphatic carbocycles. The summed E-state index contributed by atoms with van der Waals surface area (Å²) >= 11 is 8.90. The maximum absolute atomic E-state index is 12.0. The molecule has 0 aliphatic rings. The lowest BCUT2D eigenvalue weighted by atomic mass is 10.2. The Morgan fingerprint density at radius 3 is 3.00 bits per heavy atom. The van der Waals surface area contributed by atoms with Gasteiger partial charge in [-0.05, 0) is 25.1 Å². The van der Waals surface area contributed by atoms with Gasteiger partial charge in [-0.25, -0.2) is 4.98 Å². The number of H-pyrrole nitrogens is 1. The summed E-state index contributed by atoms with van der Waals surface area (Å²) in [5.74, 6) is 1.16. The molecule has 102 valence electrons. The smallest absolute Gasteiger partial charge is 0.258 e. The highest BCUT2D eigenvalue weighted by molar-refractivity contribution is 8.00. The van der Waals surface area contributed by atoms with Crippen LogP contribution in [0.25, 0.3) is 10.9 Å². The third-order valence-corrected chi connectivity index (χ3v) is 4.77. The monoisotopic (exact) mass is 324 g/mol. The van der Waals surface area contributed by atoms with Crippen LogP contribution in [-0.2, 0) is 5.75 Å². The molecule has 0 bridgehead atoms. The molecule has 20 heavy (non-hydrogen) atoms. The van der Waals surface area contributed by atoms with Gasteiger partial charge in [0.05, 0.1) is 16.7 Å². The van der Waals surface area contributed by atoms with Gasteiger partial charge in [-0.15, -0.1) is 10.2 Å². The van der Waals surface area contributed by atoms with E-state index in [4.69, 9.17) is 11.6 Å². The van der Waals surface area contributed by atoms with E-state index in [-0.39, 0.29) is 5.56 Å². The van der Waals surface area contributed by atoms with E-state index in [2.05, 4.69) is 20.2 Å². The fourth-order valence-corrected chi connectivity index (χ4v) is 3.55. The molecule has 0 spiro atoms. The van der Waals surface area contributed by atoms with Gasteiger partial charge in [0.25, 0.3) is 5.56 Å².